The molecule has 0 aromatic carbocycles. The Balaban J connectivity index is 2.16. The first-order chi connectivity index (χ1) is 6.23. The summed E-state index contributed by atoms with van der Waals surface area (Å²) in [4.78, 5) is 0. The molecular formula is C10H15NO2. The fraction of sp³-hybridized carbons (Fsp3) is 0.600. The van der Waals surface area contributed by atoms with E-state index in [1.807, 2.05) is 19.1 Å². The Morgan fingerprint density at radius 1 is 1.62 bits per heavy atom. The highest BCUT2D eigenvalue weighted by Gasteiger charge is 2.43. The molecule has 0 radical (unpaired) electrons. The molecule has 0 amide bonds. The maximum absolute atomic E-state index is 5.80. The number of ether oxygens (including phenoxy) is 1. The second-order valence-electron chi connectivity index (χ2n) is 3.93. The van der Waals surface area contributed by atoms with Crippen molar-refractivity contribution in [2.75, 3.05) is 13.2 Å². The second kappa shape index (κ2) is 3.16. The number of nitrogens with two attached hydrogens (primary N) is 1. The van der Waals surface area contributed by atoms with E-state index in [1.165, 1.54) is 0 Å². The predicted octanol–water partition coefficient (Wildman–Crippen LogP) is 1.28. The summed E-state index contributed by atoms with van der Waals surface area (Å²) in [5.41, 5.74) is 5.85. The number of rotatable bonds is 3. The molecule has 0 aliphatic carbocycles. The van der Waals surface area contributed by atoms with Crippen molar-refractivity contribution >= 4 is 0 Å². The number of furan rings is 1. The van der Waals surface area contributed by atoms with Gasteiger partial charge in [-0.2, -0.15) is 0 Å². The van der Waals surface area contributed by atoms with Crippen molar-refractivity contribution in [1.82, 2.24) is 0 Å². The molecule has 2 rings (SSSR count). The minimum atomic E-state index is 0.0532. The Morgan fingerprint density at radius 2 is 2.38 bits per heavy atom. The van der Waals surface area contributed by atoms with Crippen LogP contribution in [-0.2, 0) is 10.2 Å². The summed E-state index contributed by atoms with van der Waals surface area (Å²) in [6, 6.07) is 4.11. The first-order valence-electron chi connectivity index (χ1n) is 4.60. The topological polar surface area (TPSA) is 48.4 Å². The Hall–Kier alpha value is -0.800. The van der Waals surface area contributed by atoms with Crippen molar-refractivity contribution in [1.29, 1.82) is 0 Å². The van der Waals surface area contributed by atoms with Gasteiger partial charge in [-0.1, -0.05) is 0 Å². The Bertz CT molecular complexity index is 262. The van der Waals surface area contributed by atoms with E-state index in [2.05, 4.69) is 0 Å². The van der Waals surface area contributed by atoms with Crippen molar-refractivity contribution in [3.8, 4) is 0 Å². The second-order valence-corrected chi connectivity index (χ2v) is 3.93. The van der Waals surface area contributed by atoms with Gasteiger partial charge in [0.05, 0.1) is 24.9 Å². The highest BCUT2D eigenvalue weighted by atomic mass is 16.5. The van der Waals surface area contributed by atoms with Crippen LogP contribution in [-0.4, -0.2) is 19.3 Å². The average molecular weight is 181 g/mol. The highest BCUT2D eigenvalue weighted by Crippen LogP contribution is 2.36. The minimum Gasteiger partial charge on any atom is -0.469 e. The third-order valence-electron chi connectivity index (χ3n) is 2.51. The summed E-state index contributed by atoms with van der Waals surface area (Å²) in [6.07, 6.45) is 2.64. The van der Waals surface area contributed by atoms with Gasteiger partial charge in [0.15, 0.2) is 0 Å². The molecule has 1 saturated heterocycles. The van der Waals surface area contributed by atoms with Gasteiger partial charge in [0.25, 0.3) is 0 Å². The quantitative estimate of drug-likeness (QED) is 0.764. The minimum absolute atomic E-state index is 0.0532. The fourth-order valence-electron chi connectivity index (χ4n) is 1.91. The van der Waals surface area contributed by atoms with Gasteiger partial charge < -0.3 is 14.9 Å². The SMILES string of the molecule is CC(N)CC1(c2ccco2)COC1. The molecule has 0 spiro atoms. The van der Waals surface area contributed by atoms with Gasteiger partial charge in [-0.3, -0.25) is 0 Å². The largest absolute Gasteiger partial charge is 0.469 e. The highest BCUT2D eigenvalue weighted by molar-refractivity contribution is 5.18. The van der Waals surface area contributed by atoms with Crippen LogP contribution < -0.4 is 5.73 Å². The van der Waals surface area contributed by atoms with E-state index >= 15 is 0 Å². The monoisotopic (exact) mass is 181 g/mol. The van der Waals surface area contributed by atoms with Gasteiger partial charge in [-0.15, -0.1) is 0 Å². The first-order valence-corrected chi connectivity index (χ1v) is 4.60. The molecule has 3 nitrogen and oxygen atoms in total. The normalized spacial score (nSPS) is 22.3. The van der Waals surface area contributed by atoms with Gasteiger partial charge in [0.1, 0.15) is 5.76 Å². The van der Waals surface area contributed by atoms with Crippen LogP contribution >= 0.6 is 0 Å². The molecule has 0 bridgehead atoms. The van der Waals surface area contributed by atoms with E-state index in [4.69, 9.17) is 14.9 Å². The van der Waals surface area contributed by atoms with Gasteiger partial charge in [-0.05, 0) is 25.5 Å². The fourth-order valence-corrected chi connectivity index (χ4v) is 1.91. The third-order valence-corrected chi connectivity index (χ3v) is 2.51. The van der Waals surface area contributed by atoms with E-state index in [0.29, 0.717) is 0 Å². The summed E-state index contributed by atoms with van der Waals surface area (Å²) < 4.78 is 10.7. The van der Waals surface area contributed by atoms with Crippen LogP contribution in [0.2, 0.25) is 0 Å². The first kappa shape index (κ1) is 8.78. The van der Waals surface area contributed by atoms with Crippen molar-refractivity contribution in [2.24, 2.45) is 5.73 Å². The molecule has 1 aliphatic rings. The van der Waals surface area contributed by atoms with Gasteiger partial charge in [0.2, 0.25) is 0 Å². The molecule has 0 saturated carbocycles. The molecule has 2 N–H and O–H groups in total. The lowest BCUT2D eigenvalue weighted by atomic mass is 9.78. The van der Waals surface area contributed by atoms with Crippen molar-refractivity contribution < 1.29 is 9.15 Å². The Morgan fingerprint density at radius 3 is 2.77 bits per heavy atom. The molecule has 1 aliphatic heterocycles. The van der Waals surface area contributed by atoms with Gasteiger partial charge in [0, 0.05) is 6.04 Å². The summed E-state index contributed by atoms with van der Waals surface area (Å²) in [6.45, 7) is 3.49. The Labute approximate surface area is 77.9 Å². The molecule has 3 heteroatoms. The molecule has 13 heavy (non-hydrogen) atoms. The van der Waals surface area contributed by atoms with E-state index in [9.17, 15) is 0 Å². The van der Waals surface area contributed by atoms with Crippen LogP contribution in [0.4, 0.5) is 0 Å². The van der Waals surface area contributed by atoms with Crippen LogP contribution in [0.15, 0.2) is 22.8 Å². The maximum Gasteiger partial charge on any atom is 0.114 e. The lowest BCUT2D eigenvalue weighted by molar-refractivity contribution is -0.0764. The van der Waals surface area contributed by atoms with Gasteiger partial charge >= 0.3 is 0 Å². The summed E-state index contributed by atoms with van der Waals surface area (Å²) >= 11 is 0. The van der Waals surface area contributed by atoms with Crippen molar-refractivity contribution in [3.05, 3.63) is 24.2 Å². The van der Waals surface area contributed by atoms with E-state index in [1.54, 1.807) is 6.26 Å². The van der Waals surface area contributed by atoms with E-state index in [0.717, 1.165) is 25.4 Å². The van der Waals surface area contributed by atoms with Crippen LogP contribution in [0.3, 0.4) is 0 Å². The molecule has 72 valence electrons. The Kier molecular flexibility index (Phi) is 2.14. The van der Waals surface area contributed by atoms with Crippen LogP contribution in [0.25, 0.3) is 0 Å². The molecule has 1 aromatic rings. The molecule has 1 atom stereocenters. The zero-order chi connectivity index (χ0) is 9.31. The molecular weight excluding hydrogens is 166 g/mol. The molecule has 1 fully saturated rings. The maximum atomic E-state index is 5.80. The smallest absolute Gasteiger partial charge is 0.114 e. The summed E-state index contributed by atoms with van der Waals surface area (Å²) in [5, 5.41) is 0. The van der Waals surface area contributed by atoms with Crippen molar-refractivity contribution in [2.45, 2.75) is 24.8 Å². The van der Waals surface area contributed by atoms with Crippen LogP contribution in [0, 0.1) is 0 Å². The van der Waals surface area contributed by atoms with E-state index in [-0.39, 0.29) is 11.5 Å². The zero-order valence-corrected chi connectivity index (χ0v) is 7.82. The average Bonchev–Trinajstić information content (AvgIpc) is 2.48. The number of hydrogen-bond acceptors (Lipinski definition) is 3. The predicted molar refractivity (Wildman–Crippen MR) is 49.5 cm³/mol. The molecule has 1 aromatic heterocycles. The van der Waals surface area contributed by atoms with Crippen LogP contribution in [0.5, 0.6) is 0 Å². The lowest BCUT2D eigenvalue weighted by Crippen LogP contribution is -2.49. The van der Waals surface area contributed by atoms with E-state index < -0.39 is 0 Å². The molecule has 2 heterocycles. The molecule has 1 unspecified atom stereocenters. The standard InChI is InChI=1S/C10H15NO2/c1-8(11)5-10(6-12-7-10)9-3-2-4-13-9/h2-4,8H,5-7,11H2,1H3. The zero-order valence-electron chi connectivity index (χ0n) is 7.82. The summed E-state index contributed by atoms with van der Waals surface area (Å²) in [5.74, 6) is 1.01. The number of hydrogen-bond donors (Lipinski definition) is 1. The van der Waals surface area contributed by atoms with Crippen molar-refractivity contribution in [3.63, 3.8) is 0 Å². The summed E-state index contributed by atoms with van der Waals surface area (Å²) in [7, 11) is 0. The van der Waals surface area contributed by atoms with Gasteiger partial charge in [-0.25, -0.2) is 0 Å². The lowest BCUT2D eigenvalue weighted by Gasteiger charge is -2.40. The van der Waals surface area contributed by atoms with Crippen LogP contribution in [0.1, 0.15) is 19.1 Å². The third kappa shape index (κ3) is 1.49.